The second-order valence-electron chi connectivity index (χ2n) is 7.25. The SMILES string of the molecule is CCCC(C)C[Si](C)(C)O[Si](C)(C)CCCCCO. The molecule has 0 aromatic rings. The van der Waals surface area contributed by atoms with Crippen LogP contribution in [0, 0.1) is 5.92 Å². The van der Waals surface area contributed by atoms with Crippen LogP contribution in [0.2, 0.25) is 38.3 Å². The predicted octanol–water partition coefficient (Wildman–Crippen LogP) is 5.01. The molecule has 0 aromatic heterocycles. The van der Waals surface area contributed by atoms with E-state index in [1.807, 2.05) is 0 Å². The Morgan fingerprint density at radius 2 is 1.63 bits per heavy atom. The van der Waals surface area contributed by atoms with Crippen LogP contribution in [0.4, 0.5) is 0 Å². The summed E-state index contributed by atoms with van der Waals surface area (Å²) in [4.78, 5) is 0. The van der Waals surface area contributed by atoms with Gasteiger partial charge in [-0.2, -0.15) is 0 Å². The fourth-order valence-electron chi connectivity index (χ4n) is 3.11. The van der Waals surface area contributed by atoms with Gasteiger partial charge in [-0.3, -0.25) is 0 Å². The van der Waals surface area contributed by atoms with Crippen LogP contribution >= 0.6 is 0 Å². The molecule has 0 aromatic carbocycles. The normalized spacial score (nSPS) is 14.7. The lowest BCUT2D eigenvalue weighted by Gasteiger charge is -2.35. The van der Waals surface area contributed by atoms with E-state index in [2.05, 4.69) is 40.0 Å². The van der Waals surface area contributed by atoms with E-state index in [1.54, 1.807) is 0 Å². The molecule has 0 saturated heterocycles. The van der Waals surface area contributed by atoms with Gasteiger partial charge in [-0.25, -0.2) is 0 Å². The smallest absolute Gasteiger partial charge is 0.173 e. The third-order valence-corrected chi connectivity index (χ3v) is 11.3. The summed E-state index contributed by atoms with van der Waals surface area (Å²) in [5, 5.41) is 8.82. The van der Waals surface area contributed by atoms with Crippen molar-refractivity contribution in [2.75, 3.05) is 6.61 Å². The van der Waals surface area contributed by atoms with Crippen molar-refractivity contribution in [3.63, 3.8) is 0 Å². The van der Waals surface area contributed by atoms with Gasteiger partial charge in [0, 0.05) is 6.61 Å². The van der Waals surface area contributed by atoms with Gasteiger partial charge >= 0.3 is 0 Å². The van der Waals surface area contributed by atoms with E-state index >= 15 is 0 Å². The van der Waals surface area contributed by atoms with E-state index in [0.29, 0.717) is 6.61 Å². The number of hydrogen-bond acceptors (Lipinski definition) is 2. The molecular weight excluding hydrogens is 268 g/mol. The van der Waals surface area contributed by atoms with Crippen molar-refractivity contribution in [1.82, 2.24) is 0 Å². The van der Waals surface area contributed by atoms with Crippen LogP contribution in [0.3, 0.4) is 0 Å². The maximum atomic E-state index is 8.82. The Morgan fingerprint density at radius 1 is 1.00 bits per heavy atom. The molecule has 0 aliphatic rings. The maximum Gasteiger partial charge on any atom is 0.173 e. The highest BCUT2D eigenvalue weighted by molar-refractivity contribution is 6.84. The van der Waals surface area contributed by atoms with Gasteiger partial charge in [-0.1, -0.05) is 39.5 Å². The first-order chi connectivity index (χ1) is 8.72. The zero-order valence-electron chi connectivity index (χ0n) is 14.1. The van der Waals surface area contributed by atoms with Crippen LogP contribution in [0.5, 0.6) is 0 Å². The summed E-state index contributed by atoms with van der Waals surface area (Å²) >= 11 is 0. The highest BCUT2D eigenvalue weighted by Crippen LogP contribution is 2.27. The highest BCUT2D eigenvalue weighted by atomic mass is 28.4. The van der Waals surface area contributed by atoms with Crippen molar-refractivity contribution in [2.45, 2.75) is 84.2 Å². The van der Waals surface area contributed by atoms with Gasteiger partial charge in [0.1, 0.15) is 0 Å². The largest absolute Gasteiger partial charge is 0.455 e. The molecule has 2 nitrogen and oxygen atoms in total. The average Bonchev–Trinajstić information content (AvgIpc) is 2.22. The summed E-state index contributed by atoms with van der Waals surface area (Å²) in [5.74, 6) is 0.811. The van der Waals surface area contributed by atoms with Crippen molar-refractivity contribution in [3.8, 4) is 0 Å². The molecule has 0 saturated carbocycles. The van der Waals surface area contributed by atoms with Crippen molar-refractivity contribution in [3.05, 3.63) is 0 Å². The predicted molar refractivity (Wildman–Crippen MR) is 90.7 cm³/mol. The lowest BCUT2D eigenvalue weighted by molar-refractivity contribution is 0.283. The standard InChI is InChI=1S/C15H36O2Si2/c1-7-11-15(2)14-19(5,6)17-18(3,4)13-10-8-9-12-16/h15-16H,7-14H2,1-6H3. The molecule has 0 fully saturated rings. The summed E-state index contributed by atoms with van der Waals surface area (Å²) in [6, 6.07) is 2.54. The second kappa shape index (κ2) is 9.32. The summed E-state index contributed by atoms with van der Waals surface area (Å²) in [7, 11) is -2.99. The summed E-state index contributed by atoms with van der Waals surface area (Å²) in [6.45, 7) is 14.5. The summed E-state index contributed by atoms with van der Waals surface area (Å²) in [5.41, 5.74) is 0. The van der Waals surface area contributed by atoms with Crippen molar-refractivity contribution >= 4 is 16.6 Å². The number of hydrogen-bond donors (Lipinski definition) is 1. The van der Waals surface area contributed by atoms with E-state index in [1.165, 1.54) is 31.4 Å². The molecule has 1 N–H and O–H groups in total. The lowest BCUT2D eigenvalue weighted by Crippen LogP contribution is -2.45. The van der Waals surface area contributed by atoms with Crippen molar-refractivity contribution < 1.29 is 9.22 Å². The first-order valence-electron chi connectivity index (χ1n) is 8.03. The Labute approximate surface area is 123 Å². The molecule has 1 atom stereocenters. The highest BCUT2D eigenvalue weighted by Gasteiger charge is 2.33. The molecule has 0 heterocycles. The maximum absolute atomic E-state index is 8.82. The quantitative estimate of drug-likeness (QED) is 0.429. The molecule has 0 aliphatic heterocycles. The van der Waals surface area contributed by atoms with Gasteiger partial charge < -0.3 is 9.22 Å². The second-order valence-corrected chi connectivity index (χ2v) is 16.0. The Morgan fingerprint density at radius 3 is 2.16 bits per heavy atom. The molecule has 0 amide bonds. The molecule has 0 bridgehead atoms. The van der Waals surface area contributed by atoms with Gasteiger partial charge in [0.25, 0.3) is 0 Å². The van der Waals surface area contributed by atoms with E-state index < -0.39 is 16.6 Å². The van der Waals surface area contributed by atoms with E-state index in [4.69, 9.17) is 9.22 Å². The summed E-state index contributed by atoms with van der Waals surface area (Å²) in [6.07, 6.45) is 5.92. The van der Waals surface area contributed by atoms with E-state index in [0.717, 1.165) is 18.8 Å². The van der Waals surface area contributed by atoms with Gasteiger partial charge in [-0.15, -0.1) is 0 Å². The number of aliphatic hydroxyl groups is 1. The monoisotopic (exact) mass is 304 g/mol. The fraction of sp³-hybridized carbons (Fsp3) is 1.00. The third kappa shape index (κ3) is 10.8. The molecule has 0 rings (SSSR count). The van der Waals surface area contributed by atoms with Crippen LogP contribution in [0.25, 0.3) is 0 Å². The van der Waals surface area contributed by atoms with Crippen LogP contribution in [-0.2, 0) is 4.12 Å². The molecule has 116 valence electrons. The lowest BCUT2D eigenvalue weighted by atomic mass is 10.1. The zero-order valence-corrected chi connectivity index (χ0v) is 16.1. The van der Waals surface area contributed by atoms with Gasteiger partial charge in [0.2, 0.25) is 0 Å². The van der Waals surface area contributed by atoms with Crippen LogP contribution in [-0.4, -0.2) is 28.3 Å². The minimum absolute atomic E-state index is 0.331. The molecule has 0 radical (unpaired) electrons. The molecule has 0 spiro atoms. The van der Waals surface area contributed by atoms with Gasteiger partial charge in [-0.05, 0) is 50.6 Å². The van der Waals surface area contributed by atoms with Crippen LogP contribution < -0.4 is 0 Å². The average molecular weight is 305 g/mol. The Hall–Kier alpha value is 0.354. The minimum Gasteiger partial charge on any atom is -0.455 e. The molecule has 0 aliphatic carbocycles. The van der Waals surface area contributed by atoms with E-state index in [9.17, 15) is 0 Å². The molecule has 4 heteroatoms. The first-order valence-corrected chi connectivity index (χ1v) is 14.3. The third-order valence-electron chi connectivity index (χ3n) is 3.61. The van der Waals surface area contributed by atoms with E-state index in [-0.39, 0.29) is 0 Å². The first kappa shape index (κ1) is 19.4. The molecule has 1 unspecified atom stereocenters. The van der Waals surface area contributed by atoms with Crippen molar-refractivity contribution in [1.29, 1.82) is 0 Å². The van der Waals surface area contributed by atoms with Crippen LogP contribution in [0.1, 0.15) is 46.0 Å². The van der Waals surface area contributed by atoms with Gasteiger partial charge in [0.15, 0.2) is 16.6 Å². The minimum atomic E-state index is -1.50. The fourth-order valence-corrected chi connectivity index (χ4v) is 12.8. The Bertz CT molecular complexity index is 230. The molecular formula is C15H36O2Si2. The van der Waals surface area contributed by atoms with Gasteiger partial charge in [0.05, 0.1) is 0 Å². The van der Waals surface area contributed by atoms with Crippen molar-refractivity contribution in [2.24, 2.45) is 5.92 Å². The number of unbranched alkanes of at least 4 members (excludes halogenated alkanes) is 2. The molecule has 19 heavy (non-hydrogen) atoms. The zero-order chi connectivity index (χ0) is 14.9. The Balaban J connectivity index is 4.13. The topological polar surface area (TPSA) is 29.5 Å². The van der Waals surface area contributed by atoms with Crippen LogP contribution in [0.15, 0.2) is 0 Å². The summed E-state index contributed by atoms with van der Waals surface area (Å²) < 4.78 is 6.64. The number of rotatable bonds is 11. The Kier molecular flexibility index (Phi) is 9.49. The number of aliphatic hydroxyl groups excluding tert-OH is 1.